The summed E-state index contributed by atoms with van der Waals surface area (Å²) in [7, 11) is 0. The summed E-state index contributed by atoms with van der Waals surface area (Å²) in [6, 6.07) is 27.7. The largest absolute Gasteiger partial charge is 0.386 e. The molecule has 2 heterocycles. The fourth-order valence-corrected chi connectivity index (χ4v) is 3.00. The standard InChI is InChI=1S/C14H15NO.C11H8BrN/c1-14(2,16)12-8-6-11(7-9-12)13-5-3-4-10-15-13;12-10-6-4-9(5-7-10)11-3-1-2-8-13-11/h3-10,16H,1-2H3;1-8H. The van der Waals surface area contributed by atoms with Crippen molar-refractivity contribution < 1.29 is 5.11 Å². The third kappa shape index (κ3) is 6.08. The molecule has 0 aliphatic carbocycles. The van der Waals surface area contributed by atoms with E-state index in [-0.39, 0.29) is 0 Å². The second-order valence-corrected chi connectivity index (χ2v) is 7.99. The summed E-state index contributed by atoms with van der Waals surface area (Å²) in [6.07, 6.45) is 3.58. The van der Waals surface area contributed by atoms with E-state index in [0.717, 1.165) is 32.6 Å². The van der Waals surface area contributed by atoms with Gasteiger partial charge in [-0.15, -0.1) is 0 Å². The molecule has 0 saturated heterocycles. The molecule has 4 aromatic rings. The van der Waals surface area contributed by atoms with Gasteiger partial charge in [0.1, 0.15) is 0 Å². The fraction of sp³-hybridized carbons (Fsp3) is 0.120. The Bertz CT molecular complexity index is 1010. The van der Waals surface area contributed by atoms with Crippen LogP contribution < -0.4 is 0 Å². The highest BCUT2D eigenvalue weighted by Gasteiger charge is 2.15. The molecule has 0 saturated carbocycles. The Hall–Kier alpha value is -2.82. The monoisotopic (exact) mass is 446 g/mol. The lowest BCUT2D eigenvalue weighted by Crippen LogP contribution is -2.14. The van der Waals surface area contributed by atoms with Gasteiger partial charge in [0.2, 0.25) is 0 Å². The maximum absolute atomic E-state index is 9.83. The summed E-state index contributed by atoms with van der Waals surface area (Å²) in [5.74, 6) is 0. The minimum atomic E-state index is -0.789. The molecule has 0 fully saturated rings. The van der Waals surface area contributed by atoms with Crippen LogP contribution in [0.1, 0.15) is 19.4 Å². The molecule has 0 atom stereocenters. The van der Waals surface area contributed by atoms with Crippen molar-refractivity contribution in [3.05, 3.63) is 107 Å². The minimum absolute atomic E-state index is 0.789. The molecule has 4 rings (SSSR count). The van der Waals surface area contributed by atoms with Crippen LogP contribution in [-0.2, 0) is 5.60 Å². The summed E-state index contributed by atoms with van der Waals surface area (Å²) in [5.41, 5.74) is 4.28. The zero-order valence-corrected chi connectivity index (χ0v) is 18.0. The van der Waals surface area contributed by atoms with Gasteiger partial charge < -0.3 is 5.11 Å². The average Bonchev–Trinajstić information content (AvgIpc) is 2.75. The number of hydrogen-bond donors (Lipinski definition) is 1. The summed E-state index contributed by atoms with van der Waals surface area (Å²) >= 11 is 3.40. The van der Waals surface area contributed by atoms with Crippen molar-refractivity contribution in [2.24, 2.45) is 0 Å². The Morgan fingerprint density at radius 2 is 1.10 bits per heavy atom. The van der Waals surface area contributed by atoms with Gasteiger partial charge in [0.25, 0.3) is 0 Å². The van der Waals surface area contributed by atoms with Crippen LogP contribution in [-0.4, -0.2) is 15.1 Å². The van der Waals surface area contributed by atoms with E-state index < -0.39 is 5.60 Å². The third-order valence-corrected chi connectivity index (χ3v) is 4.89. The van der Waals surface area contributed by atoms with Crippen molar-refractivity contribution in [2.75, 3.05) is 0 Å². The van der Waals surface area contributed by atoms with E-state index in [9.17, 15) is 5.11 Å². The van der Waals surface area contributed by atoms with Crippen LogP contribution in [0.15, 0.2) is 102 Å². The molecule has 0 radical (unpaired) electrons. The highest BCUT2D eigenvalue weighted by Crippen LogP contribution is 2.23. The summed E-state index contributed by atoms with van der Waals surface area (Å²) < 4.78 is 1.09. The first-order valence-corrected chi connectivity index (χ1v) is 10.1. The first kappa shape index (κ1) is 20.9. The lowest BCUT2D eigenvalue weighted by Gasteiger charge is -2.17. The quantitative estimate of drug-likeness (QED) is 0.391. The van der Waals surface area contributed by atoms with Gasteiger partial charge in [0.15, 0.2) is 0 Å². The zero-order chi connectivity index (χ0) is 20.7. The van der Waals surface area contributed by atoms with E-state index >= 15 is 0 Å². The van der Waals surface area contributed by atoms with Crippen LogP contribution in [0.5, 0.6) is 0 Å². The third-order valence-electron chi connectivity index (χ3n) is 4.36. The van der Waals surface area contributed by atoms with Gasteiger partial charge in [-0.3, -0.25) is 9.97 Å². The van der Waals surface area contributed by atoms with Gasteiger partial charge >= 0.3 is 0 Å². The molecule has 2 aromatic carbocycles. The van der Waals surface area contributed by atoms with Crippen LogP contribution in [0.4, 0.5) is 0 Å². The van der Waals surface area contributed by atoms with Gasteiger partial charge in [-0.25, -0.2) is 0 Å². The van der Waals surface area contributed by atoms with E-state index in [0.29, 0.717) is 0 Å². The molecule has 4 heteroatoms. The van der Waals surface area contributed by atoms with E-state index in [1.165, 1.54) is 0 Å². The maximum atomic E-state index is 9.83. The molecule has 1 N–H and O–H groups in total. The van der Waals surface area contributed by atoms with Crippen molar-refractivity contribution in [2.45, 2.75) is 19.4 Å². The Balaban J connectivity index is 0.000000169. The average molecular weight is 447 g/mol. The molecule has 29 heavy (non-hydrogen) atoms. The molecule has 2 aromatic heterocycles. The summed E-state index contributed by atoms with van der Waals surface area (Å²) in [6.45, 7) is 3.56. The van der Waals surface area contributed by atoms with Gasteiger partial charge in [-0.05, 0) is 55.8 Å². The van der Waals surface area contributed by atoms with E-state index in [1.54, 1.807) is 26.2 Å². The normalized spacial score (nSPS) is 10.8. The van der Waals surface area contributed by atoms with Gasteiger partial charge in [0, 0.05) is 28.0 Å². The van der Waals surface area contributed by atoms with Crippen molar-refractivity contribution in [1.82, 2.24) is 9.97 Å². The Morgan fingerprint density at radius 1 is 0.655 bits per heavy atom. The van der Waals surface area contributed by atoms with Gasteiger partial charge in [-0.2, -0.15) is 0 Å². The molecule has 0 aliphatic rings. The Labute approximate surface area is 180 Å². The SMILES string of the molecule is Brc1ccc(-c2ccccn2)cc1.CC(C)(O)c1ccc(-c2ccccn2)cc1. The molecule has 0 amide bonds. The fourth-order valence-electron chi connectivity index (χ4n) is 2.74. The number of aromatic nitrogens is 2. The van der Waals surface area contributed by atoms with E-state index in [4.69, 9.17) is 0 Å². The molecule has 0 unspecified atom stereocenters. The van der Waals surface area contributed by atoms with Crippen molar-refractivity contribution in [1.29, 1.82) is 0 Å². The number of hydrogen-bond acceptors (Lipinski definition) is 3. The molecule has 3 nitrogen and oxygen atoms in total. The molecular weight excluding hydrogens is 424 g/mol. The van der Waals surface area contributed by atoms with Crippen molar-refractivity contribution >= 4 is 15.9 Å². The zero-order valence-electron chi connectivity index (χ0n) is 16.5. The minimum Gasteiger partial charge on any atom is -0.386 e. The maximum Gasteiger partial charge on any atom is 0.0840 e. The first-order chi connectivity index (χ1) is 13.9. The molecule has 0 aliphatic heterocycles. The Morgan fingerprint density at radius 3 is 1.48 bits per heavy atom. The highest BCUT2D eigenvalue weighted by molar-refractivity contribution is 9.10. The second-order valence-electron chi connectivity index (χ2n) is 7.07. The summed E-state index contributed by atoms with van der Waals surface area (Å²) in [4.78, 5) is 8.54. The number of halogens is 1. The topological polar surface area (TPSA) is 46.0 Å². The van der Waals surface area contributed by atoms with Crippen LogP contribution in [0, 0.1) is 0 Å². The predicted octanol–water partition coefficient (Wildman–Crippen LogP) is 6.49. The van der Waals surface area contributed by atoms with E-state index in [2.05, 4.69) is 25.9 Å². The van der Waals surface area contributed by atoms with Crippen molar-refractivity contribution in [3.8, 4) is 22.5 Å². The number of rotatable bonds is 3. The first-order valence-electron chi connectivity index (χ1n) is 9.35. The number of benzene rings is 2. The summed E-state index contributed by atoms with van der Waals surface area (Å²) in [5, 5.41) is 9.83. The van der Waals surface area contributed by atoms with Crippen molar-refractivity contribution in [3.63, 3.8) is 0 Å². The lowest BCUT2D eigenvalue weighted by atomic mass is 9.97. The predicted molar refractivity (Wildman–Crippen MR) is 122 cm³/mol. The Kier molecular flexibility index (Phi) is 6.91. The molecule has 146 valence electrons. The number of pyridine rings is 2. The van der Waals surface area contributed by atoms with Crippen LogP contribution >= 0.6 is 15.9 Å². The number of nitrogens with zero attached hydrogens (tertiary/aromatic N) is 2. The molecule has 0 bridgehead atoms. The smallest absolute Gasteiger partial charge is 0.0840 e. The molecular formula is C25H23BrN2O. The number of aliphatic hydroxyl groups is 1. The second kappa shape index (κ2) is 9.59. The lowest BCUT2D eigenvalue weighted by molar-refractivity contribution is 0.0786. The van der Waals surface area contributed by atoms with Crippen LogP contribution in [0.2, 0.25) is 0 Å². The van der Waals surface area contributed by atoms with E-state index in [1.807, 2.05) is 84.9 Å². The molecule has 0 spiro atoms. The van der Waals surface area contributed by atoms with Gasteiger partial charge in [-0.1, -0.05) is 64.5 Å². The van der Waals surface area contributed by atoms with Crippen LogP contribution in [0.25, 0.3) is 22.5 Å². The highest BCUT2D eigenvalue weighted by atomic mass is 79.9. The van der Waals surface area contributed by atoms with Gasteiger partial charge in [0.05, 0.1) is 17.0 Å². The van der Waals surface area contributed by atoms with Crippen LogP contribution in [0.3, 0.4) is 0 Å².